The molecule has 1 saturated heterocycles. The fraction of sp³-hybridized carbons (Fsp3) is 0.538. The second-order valence-corrected chi connectivity index (χ2v) is 9.67. The SMILES string of the molecule is CCCCNc1ncc2c(-c3ccc(N4CCOCC4=O)cc3)nn(C[C@H]3CC[C@H](N)CC3)c2n1. The minimum absolute atomic E-state index is 0.0116. The Bertz CT molecular complexity index is 1150. The third-order valence-corrected chi connectivity index (χ3v) is 7.06. The molecule has 0 atom stereocenters. The number of amides is 1. The quantitative estimate of drug-likeness (QED) is 0.477. The summed E-state index contributed by atoms with van der Waals surface area (Å²) in [7, 11) is 0. The fourth-order valence-electron chi connectivity index (χ4n) is 4.97. The molecule has 0 bridgehead atoms. The number of nitrogens with one attached hydrogen (secondary N) is 1. The van der Waals surface area contributed by atoms with E-state index in [9.17, 15) is 4.79 Å². The number of benzene rings is 1. The fourth-order valence-corrected chi connectivity index (χ4v) is 4.97. The van der Waals surface area contributed by atoms with Crippen molar-refractivity contribution in [3.63, 3.8) is 0 Å². The molecule has 186 valence electrons. The van der Waals surface area contributed by atoms with Crippen molar-refractivity contribution < 1.29 is 9.53 Å². The van der Waals surface area contributed by atoms with Crippen LogP contribution in [0.2, 0.25) is 0 Å². The Kier molecular flexibility index (Phi) is 7.24. The molecular weight excluding hydrogens is 442 g/mol. The predicted octanol–water partition coefficient (Wildman–Crippen LogP) is 3.59. The van der Waals surface area contributed by atoms with Crippen molar-refractivity contribution >= 4 is 28.6 Å². The number of rotatable bonds is 8. The molecule has 1 aliphatic carbocycles. The van der Waals surface area contributed by atoms with Gasteiger partial charge in [0.05, 0.1) is 12.0 Å². The Labute approximate surface area is 206 Å². The van der Waals surface area contributed by atoms with Crippen molar-refractivity contribution in [3.05, 3.63) is 30.5 Å². The van der Waals surface area contributed by atoms with E-state index in [1.807, 2.05) is 30.5 Å². The molecule has 3 heterocycles. The van der Waals surface area contributed by atoms with E-state index in [2.05, 4.69) is 21.9 Å². The monoisotopic (exact) mass is 477 g/mol. The lowest BCUT2D eigenvalue weighted by molar-refractivity contribution is -0.125. The van der Waals surface area contributed by atoms with Crippen LogP contribution in [0.1, 0.15) is 45.4 Å². The number of anilines is 2. The molecule has 5 rings (SSSR count). The molecule has 1 amide bonds. The van der Waals surface area contributed by atoms with Gasteiger partial charge < -0.3 is 20.7 Å². The molecule has 0 unspecified atom stereocenters. The number of fused-ring (bicyclic) bond motifs is 1. The van der Waals surface area contributed by atoms with Gasteiger partial charge in [0, 0.05) is 43.1 Å². The summed E-state index contributed by atoms with van der Waals surface area (Å²) in [6.07, 6.45) is 8.44. The predicted molar refractivity (Wildman–Crippen MR) is 137 cm³/mol. The van der Waals surface area contributed by atoms with Gasteiger partial charge in [-0.1, -0.05) is 25.5 Å². The van der Waals surface area contributed by atoms with Gasteiger partial charge in [-0.25, -0.2) is 9.67 Å². The zero-order chi connectivity index (χ0) is 24.2. The number of morpholine rings is 1. The van der Waals surface area contributed by atoms with Gasteiger partial charge in [-0.15, -0.1) is 0 Å². The number of unbranched alkanes of at least 4 members (excludes halogenated alkanes) is 1. The Hall–Kier alpha value is -3.04. The summed E-state index contributed by atoms with van der Waals surface area (Å²) in [5, 5.41) is 9.30. The summed E-state index contributed by atoms with van der Waals surface area (Å²) < 4.78 is 7.31. The molecule has 0 spiro atoms. The van der Waals surface area contributed by atoms with Gasteiger partial charge in [0.1, 0.15) is 12.3 Å². The smallest absolute Gasteiger partial charge is 0.253 e. The van der Waals surface area contributed by atoms with E-state index in [1.54, 1.807) is 4.90 Å². The lowest BCUT2D eigenvalue weighted by atomic mass is 9.86. The lowest BCUT2D eigenvalue weighted by Gasteiger charge is -2.26. The van der Waals surface area contributed by atoms with Crippen LogP contribution >= 0.6 is 0 Å². The lowest BCUT2D eigenvalue weighted by Crippen LogP contribution is -2.41. The van der Waals surface area contributed by atoms with Crippen LogP contribution in [0.3, 0.4) is 0 Å². The van der Waals surface area contributed by atoms with Crippen LogP contribution in [-0.4, -0.2) is 58.0 Å². The molecule has 35 heavy (non-hydrogen) atoms. The highest BCUT2D eigenvalue weighted by molar-refractivity contribution is 5.96. The van der Waals surface area contributed by atoms with Gasteiger partial charge in [0.15, 0.2) is 5.65 Å². The first-order valence-electron chi connectivity index (χ1n) is 12.8. The third kappa shape index (κ3) is 5.31. The van der Waals surface area contributed by atoms with Gasteiger partial charge in [0.25, 0.3) is 5.91 Å². The molecule has 9 nitrogen and oxygen atoms in total. The topological polar surface area (TPSA) is 111 Å². The zero-order valence-electron chi connectivity index (χ0n) is 20.4. The summed E-state index contributed by atoms with van der Waals surface area (Å²) in [4.78, 5) is 23.4. The first-order chi connectivity index (χ1) is 17.1. The van der Waals surface area contributed by atoms with Crippen molar-refractivity contribution in [2.75, 3.05) is 36.5 Å². The zero-order valence-corrected chi connectivity index (χ0v) is 20.4. The van der Waals surface area contributed by atoms with E-state index in [0.717, 1.165) is 79.6 Å². The molecule has 2 aromatic heterocycles. The van der Waals surface area contributed by atoms with E-state index >= 15 is 0 Å². The summed E-state index contributed by atoms with van der Waals surface area (Å²) in [5.74, 6) is 1.18. The highest BCUT2D eigenvalue weighted by atomic mass is 16.5. The van der Waals surface area contributed by atoms with Gasteiger partial charge in [0.2, 0.25) is 5.95 Å². The molecule has 1 saturated carbocycles. The Morgan fingerprint density at radius 1 is 1.17 bits per heavy atom. The third-order valence-electron chi connectivity index (χ3n) is 7.06. The van der Waals surface area contributed by atoms with Crippen LogP contribution in [-0.2, 0) is 16.1 Å². The van der Waals surface area contributed by atoms with Crippen LogP contribution in [0.15, 0.2) is 30.5 Å². The summed E-state index contributed by atoms with van der Waals surface area (Å²) in [6, 6.07) is 8.33. The Balaban J connectivity index is 1.45. The largest absolute Gasteiger partial charge is 0.370 e. The molecular formula is C26H35N7O2. The summed E-state index contributed by atoms with van der Waals surface area (Å²) in [6.45, 7) is 5.11. The number of carbonyl (C=O) groups is 1. The van der Waals surface area contributed by atoms with Gasteiger partial charge in [-0.05, 0) is 50.2 Å². The molecule has 2 fully saturated rings. The van der Waals surface area contributed by atoms with Crippen molar-refractivity contribution in [1.82, 2.24) is 19.7 Å². The second-order valence-electron chi connectivity index (χ2n) is 9.67. The van der Waals surface area contributed by atoms with Crippen LogP contribution < -0.4 is 16.0 Å². The maximum absolute atomic E-state index is 12.2. The van der Waals surface area contributed by atoms with Crippen molar-refractivity contribution in [2.24, 2.45) is 11.7 Å². The van der Waals surface area contributed by atoms with Crippen LogP contribution in [0, 0.1) is 5.92 Å². The van der Waals surface area contributed by atoms with E-state index in [-0.39, 0.29) is 12.5 Å². The van der Waals surface area contributed by atoms with E-state index in [4.69, 9.17) is 20.6 Å². The highest BCUT2D eigenvalue weighted by Gasteiger charge is 2.23. The minimum Gasteiger partial charge on any atom is -0.370 e. The summed E-state index contributed by atoms with van der Waals surface area (Å²) in [5.41, 5.74) is 9.72. The Morgan fingerprint density at radius 3 is 2.71 bits per heavy atom. The van der Waals surface area contributed by atoms with Crippen molar-refractivity contribution in [2.45, 2.75) is 58.0 Å². The molecule has 2 aliphatic rings. The van der Waals surface area contributed by atoms with Crippen LogP contribution in [0.5, 0.6) is 0 Å². The molecule has 3 aromatic rings. The molecule has 1 aliphatic heterocycles. The maximum atomic E-state index is 12.2. The number of hydrogen-bond acceptors (Lipinski definition) is 7. The second kappa shape index (κ2) is 10.7. The van der Waals surface area contributed by atoms with Crippen LogP contribution in [0.25, 0.3) is 22.3 Å². The molecule has 0 radical (unpaired) electrons. The number of hydrogen-bond donors (Lipinski definition) is 2. The average Bonchev–Trinajstić information content (AvgIpc) is 3.23. The van der Waals surface area contributed by atoms with Crippen molar-refractivity contribution in [1.29, 1.82) is 0 Å². The van der Waals surface area contributed by atoms with E-state index < -0.39 is 0 Å². The number of ether oxygens (including phenoxy) is 1. The van der Waals surface area contributed by atoms with Gasteiger partial charge in [-0.2, -0.15) is 10.1 Å². The minimum atomic E-state index is -0.0116. The van der Waals surface area contributed by atoms with Gasteiger partial charge in [-0.3, -0.25) is 4.79 Å². The van der Waals surface area contributed by atoms with Crippen LogP contribution in [0.4, 0.5) is 11.6 Å². The number of aromatic nitrogens is 4. The molecule has 3 N–H and O–H groups in total. The Morgan fingerprint density at radius 2 is 1.97 bits per heavy atom. The number of nitrogens with two attached hydrogens (primary N) is 1. The van der Waals surface area contributed by atoms with E-state index in [1.165, 1.54) is 0 Å². The average molecular weight is 478 g/mol. The number of nitrogens with zero attached hydrogens (tertiary/aromatic N) is 5. The van der Waals surface area contributed by atoms with E-state index in [0.29, 0.717) is 31.1 Å². The first-order valence-corrected chi connectivity index (χ1v) is 12.8. The normalized spacial score (nSPS) is 21.0. The standard InChI is InChI=1S/C26H35N7O2/c1-2-3-12-28-26-29-15-22-24(19-6-10-21(11-7-19)32-13-14-35-17-23(32)34)31-33(25(22)30-26)16-18-4-8-20(27)9-5-18/h6-7,10-11,15,18,20H,2-5,8-9,12-14,16-17,27H2,1H3,(H,28,29,30)/t18-,20-. The molecule has 9 heteroatoms. The maximum Gasteiger partial charge on any atom is 0.253 e. The van der Waals surface area contributed by atoms with Gasteiger partial charge >= 0.3 is 0 Å². The highest BCUT2D eigenvalue weighted by Crippen LogP contribution is 2.31. The first kappa shape index (κ1) is 23.7. The summed E-state index contributed by atoms with van der Waals surface area (Å²) >= 11 is 0. The number of carbonyl (C=O) groups excluding carboxylic acids is 1. The molecule has 1 aromatic carbocycles. The van der Waals surface area contributed by atoms with Crippen molar-refractivity contribution in [3.8, 4) is 11.3 Å².